The van der Waals surface area contributed by atoms with Crippen LogP contribution in [0.2, 0.25) is 5.02 Å². The lowest BCUT2D eigenvalue weighted by Gasteiger charge is -2.34. The third-order valence-electron chi connectivity index (χ3n) is 4.41. The van der Waals surface area contributed by atoms with E-state index in [1.807, 2.05) is 0 Å². The number of halogens is 1. The fourth-order valence-corrected chi connectivity index (χ4v) is 3.76. The van der Waals surface area contributed by atoms with Crippen LogP contribution >= 0.6 is 11.6 Å². The van der Waals surface area contributed by atoms with Crippen LogP contribution in [0.25, 0.3) is 10.9 Å². The Morgan fingerprint density at radius 1 is 1.23 bits per heavy atom. The maximum absolute atomic E-state index is 12.5. The predicted molar refractivity (Wildman–Crippen MR) is 90.4 cm³/mol. The number of hydrogen-bond donors (Lipinski definition) is 0. The molecule has 2 aromatic rings. The first-order chi connectivity index (χ1) is 10.5. The van der Waals surface area contributed by atoms with Crippen LogP contribution in [0.5, 0.6) is 0 Å². The molecule has 1 saturated heterocycles. The summed E-state index contributed by atoms with van der Waals surface area (Å²) in [5, 5.41) is 1.12. The highest BCUT2D eigenvalue weighted by Crippen LogP contribution is 2.21. The highest BCUT2D eigenvalue weighted by molar-refractivity contribution is 6.34. The second-order valence-corrected chi connectivity index (χ2v) is 6.99. The topological polar surface area (TPSA) is 38.1 Å². The van der Waals surface area contributed by atoms with Gasteiger partial charge in [-0.25, -0.2) is 4.98 Å². The smallest absolute Gasteiger partial charge is 0.261 e. The van der Waals surface area contributed by atoms with Crippen LogP contribution in [0.15, 0.2) is 29.3 Å². The number of rotatable bonds is 3. The van der Waals surface area contributed by atoms with Gasteiger partial charge in [-0.3, -0.25) is 9.36 Å². The van der Waals surface area contributed by atoms with E-state index in [0.717, 1.165) is 31.5 Å². The highest BCUT2D eigenvalue weighted by Gasteiger charge is 2.21. The number of benzene rings is 1. The van der Waals surface area contributed by atoms with Crippen molar-refractivity contribution in [3.8, 4) is 0 Å². The van der Waals surface area contributed by atoms with Gasteiger partial charge < -0.3 is 4.90 Å². The van der Waals surface area contributed by atoms with Crippen molar-refractivity contribution < 1.29 is 0 Å². The van der Waals surface area contributed by atoms with Gasteiger partial charge in [0.25, 0.3) is 5.56 Å². The summed E-state index contributed by atoms with van der Waals surface area (Å²) in [6.07, 6.45) is 2.92. The molecule has 0 unspecified atom stereocenters. The van der Waals surface area contributed by atoms with Crippen LogP contribution in [-0.4, -0.2) is 34.1 Å². The quantitative estimate of drug-likeness (QED) is 0.873. The molecule has 5 heteroatoms. The summed E-state index contributed by atoms with van der Waals surface area (Å²) in [7, 11) is 0. The van der Waals surface area contributed by atoms with Gasteiger partial charge in [-0.05, 0) is 30.4 Å². The van der Waals surface area contributed by atoms with E-state index in [0.29, 0.717) is 22.5 Å². The van der Waals surface area contributed by atoms with E-state index in [1.165, 1.54) is 6.42 Å². The molecule has 118 valence electrons. The minimum Gasteiger partial charge on any atom is -0.301 e. The molecule has 4 nitrogen and oxygen atoms in total. The SMILES string of the molecule is C[C@@H]1C[C@H](C)CN(CCn2cnc3c(Cl)cccc3c2=O)C1. The van der Waals surface area contributed by atoms with Gasteiger partial charge in [0.05, 0.1) is 22.3 Å². The lowest BCUT2D eigenvalue weighted by Crippen LogP contribution is -2.41. The normalized spacial score (nSPS) is 23.0. The first-order valence-electron chi connectivity index (χ1n) is 7.90. The van der Waals surface area contributed by atoms with Crippen molar-refractivity contribution in [2.45, 2.75) is 26.8 Å². The van der Waals surface area contributed by atoms with E-state index in [1.54, 1.807) is 29.1 Å². The van der Waals surface area contributed by atoms with Crippen LogP contribution in [-0.2, 0) is 6.54 Å². The van der Waals surface area contributed by atoms with Gasteiger partial charge in [-0.15, -0.1) is 0 Å². The van der Waals surface area contributed by atoms with Crippen molar-refractivity contribution in [3.05, 3.63) is 39.9 Å². The van der Waals surface area contributed by atoms with Gasteiger partial charge in [0.15, 0.2) is 0 Å². The molecule has 0 N–H and O–H groups in total. The zero-order chi connectivity index (χ0) is 15.7. The summed E-state index contributed by atoms with van der Waals surface area (Å²) in [6.45, 7) is 8.40. The number of para-hydroxylation sites is 1. The number of aromatic nitrogens is 2. The first kappa shape index (κ1) is 15.5. The first-order valence-corrected chi connectivity index (χ1v) is 8.28. The maximum atomic E-state index is 12.5. The van der Waals surface area contributed by atoms with Gasteiger partial charge in [-0.2, -0.15) is 0 Å². The number of fused-ring (bicyclic) bond motifs is 1. The number of piperidine rings is 1. The molecule has 2 atom stereocenters. The molecule has 0 spiro atoms. The third-order valence-corrected chi connectivity index (χ3v) is 4.71. The zero-order valence-corrected chi connectivity index (χ0v) is 13.9. The average Bonchev–Trinajstić information content (AvgIpc) is 2.46. The lowest BCUT2D eigenvalue weighted by molar-refractivity contribution is 0.136. The molecular weight excluding hydrogens is 298 g/mol. The van der Waals surface area contributed by atoms with Gasteiger partial charge in [0.2, 0.25) is 0 Å². The van der Waals surface area contributed by atoms with Crippen LogP contribution < -0.4 is 5.56 Å². The largest absolute Gasteiger partial charge is 0.301 e. The Morgan fingerprint density at radius 2 is 1.95 bits per heavy atom. The predicted octanol–water partition coefficient (Wildman–Crippen LogP) is 3.03. The Labute approximate surface area is 135 Å². The Balaban J connectivity index is 1.77. The fraction of sp³-hybridized carbons (Fsp3) is 0.529. The average molecular weight is 320 g/mol. The summed E-state index contributed by atoms with van der Waals surface area (Å²) in [6, 6.07) is 5.35. The molecule has 1 aliphatic rings. The Bertz CT molecular complexity index is 717. The molecule has 1 aromatic heterocycles. The van der Waals surface area contributed by atoms with Crippen LogP contribution in [0.3, 0.4) is 0 Å². The minimum atomic E-state index is -0.00870. The lowest BCUT2D eigenvalue weighted by atomic mass is 9.92. The van der Waals surface area contributed by atoms with Crippen molar-refractivity contribution in [3.63, 3.8) is 0 Å². The fourth-order valence-electron chi connectivity index (χ4n) is 3.54. The Hall–Kier alpha value is -1.39. The molecule has 0 radical (unpaired) electrons. The van der Waals surface area contributed by atoms with Crippen molar-refractivity contribution in [1.29, 1.82) is 0 Å². The van der Waals surface area contributed by atoms with Crippen molar-refractivity contribution in [2.24, 2.45) is 11.8 Å². The van der Waals surface area contributed by atoms with Gasteiger partial charge in [0, 0.05) is 26.2 Å². The second-order valence-electron chi connectivity index (χ2n) is 6.58. The molecule has 2 heterocycles. The zero-order valence-electron chi connectivity index (χ0n) is 13.1. The van der Waals surface area contributed by atoms with Crippen LogP contribution in [0, 0.1) is 11.8 Å². The summed E-state index contributed by atoms with van der Waals surface area (Å²) in [4.78, 5) is 19.3. The molecule has 1 aromatic carbocycles. The molecule has 1 fully saturated rings. The molecule has 1 aliphatic heterocycles. The van der Waals surface area contributed by atoms with Gasteiger partial charge in [-0.1, -0.05) is 31.5 Å². The van der Waals surface area contributed by atoms with E-state index in [2.05, 4.69) is 23.7 Å². The van der Waals surface area contributed by atoms with E-state index < -0.39 is 0 Å². The van der Waals surface area contributed by atoms with Crippen molar-refractivity contribution >= 4 is 22.5 Å². The molecular formula is C17H22ClN3O. The Kier molecular flexibility index (Phi) is 4.50. The third kappa shape index (κ3) is 3.18. The van der Waals surface area contributed by atoms with E-state index in [9.17, 15) is 4.79 Å². The minimum absolute atomic E-state index is 0.00870. The molecule has 22 heavy (non-hydrogen) atoms. The number of hydrogen-bond acceptors (Lipinski definition) is 3. The van der Waals surface area contributed by atoms with Crippen LogP contribution in [0.4, 0.5) is 0 Å². The summed E-state index contributed by atoms with van der Waals surface area (Å²) in [5.74, 6) is 1.46. The summed E-state index contributed by atoms with van der Waals surface area (Å²) >= 11 is 6.09. The summed E-state index contributed by atoms with van der Waals surface area (Å²) < 4.78 is 1.70. The van der Waals surface area contributed by atoms with Gasteiger partial charge in [0.1, 0.15) is 0 Å². The standard InChI is InChI=1S/C17H22ClN3O/c1-12-8-13(2)10-20(9-12)6-7-21-11-19-16-14(17(21)22)4-3-5-15(16)18/h3-5,11-13H,6-10H2,1-2H3/t12-,13+. The molecule has 0 aliphatic carbocycles. The number of nitrogens with zero attached hydrogens (tertiary/aromatic N) is 3. The van der Waals surface area contributed by atoms with E-state index >= 15 is 0 Å². The van der Waals surface area contributed by atoms with Gasteiger partial charge >= 0.3 is 0 Å². The molecule has 3 rings (SSSR count). The Morgan fingerprint density at radius 3 is 2.68 bits per heavy atom. The molecule has 0 bridgehead atoms. The maximum Gasteiger partial charge on any atom is 0.261 e. The number of likely N-dealkylation sites (tertiary alicyclic amines) is 1. The summed E-state index contributed by atoms with van der Waals surface area (Å²) in [5.41, 5.74) is 0.580. The van der Waals surface area contributed by atoms with Crippen molar-refractivity contribution in [2.75, 3.05) is 19.6 Å². The molecule has 0 saturated carbocycles. The highest BCUT2D eigenvalue weighted by atomic mass is 35.5. The molecule has 0 amide bonds. The van der Waals surface area contributed by atoms with E-state index in [4.69, 9.17) is 11.6 Å². The monoisotopic (exact) mass is 319 g/mol. The van der Waals surface area contributed by atoms with Crippen molar-refractivity contribution in [1.82, 2.24) is 14.5 Å². The van der Waals surface area contributed by atoms with E-state index in [-0.39, 0.29) is 5.56 Å². The van der Waals surface area contributed by atoms with Crippen LogP contribution in [0.1, 0.15) is 20.3 Å². The second kappa shape index (κ2) is 6.39.